The van der Waals surface area contributed by atoms with Crippen LogP contribution in [0.3, 0.4) is 0 Å². The maximum Gasteiger partial charge on any atom is 0.238 e. The number of anilines is 1. The molecule has 18 heavy (non-hydrogen) atoms. The Morgan fingerprint density at radius 1 is 1.39 bits per heavy atom. The number of para-hydroxylation sites is 1. The predicted molar refractivity (Wildman–Crippen MR) is 73.3 cm³/mol. The molecule has 0 atom stereocenters. The first kappa shape index (κ1) is 13.1. The molecule has 0 aromatic heterocycles. The van der Waals surface area contributed by atoms with E-state index in [0.29, 0.717) is 12.5 Å². The summed E-state index contributed by atoms with van der Waals surface area (Å²) in [5, 5.41) is 2.88. The van der Waals surface area contributed by atoms with E-state index in [1.54, 1.807) is 0 Å². The molecule has 1 aliphatic rings. The highest BCUT2D eigenvalue weighted by Gasteiger charge is 2.42. The zero-order chi connectivity index (χ0) is 13.2. The zero-order valence-corrected chi connectivity index (χ0v) is 11.0. The molecule has 0 unspecified atom stereocenters. The molecule has 3 N–H and O–H groups in total. The summed E-state index contributed by atoms with van der Waals surface area (Å²) < 4.78 is 0. The lowest BCUT2D eigenvalue weighted by Crippen LogP contribution is -2.70. The second kappa shape index (κ2) is 5.08. The lowest BCUT2D eigenvalue weighted by atomic mass is 9.80. The Hall–Kier alpha value is -1.39. The maximum absolute atomic E-state index is 11.8. The molecular formula is C14H21N3O. The van der Waals surface area contributed by atoms with E-state index < -0.39 is 0 Å². The number of carbonyl (C=O) groups excluding carboxylic acids is 1. The monoisotopic (exact) mass is 247 g/mol. The van der Waals surface area contributed by atoms with Gasteiger partial charge in [0.25, 0.3) is 0 Å². The van der Waals surface area contributed by atoms with Crippen LogP contribution in [0, 0.1) is 5.92 Å². The second-order valence-corrected chi connectivity index (χ2v) is 5.45. The largest absolute Gasteiger partial charge is 0.325 e. The summed E-state index contributed by atoms with van der Waals surface area (Å²) in [4.78, 5) is 13.9. The zero-order valence-electron chi connectivity index (χ0n) is 11.0. The smallest absolute Gasteiger partial charge is 0.238 e. The molecule has 98 valence electrons. The number of hydrogen-bond acceptors (Lipinski definition) is 3. The molecule has 1 amide bonds. The summed E-state index contributed by atoms with van der Waals surface area (Å²) in [5.74, 6) is 0.470. The molecule has 0 bridgehead atoms. The van der Waals surface area contributed by atoms with E-state index in [9.17, 15) is 4.79 Å². The number of likely N-dealkylation sites (tertiary alicyclic amines) is 1. The van der Waals surface area contributed by atoms with Gasteiger partial charge in [-0.05, 0) is 18.1 Å². The number of carbonyl (C=O) groups is 1. The van der Waals surface area contributed by atoms with Crippen LogP contribution in [0.2, 0.25) is 0 Å². The van der Waals surface area contributed by atoms with Gasteiger partial charge in [-0.25, -0.2) is 0 Å². The van der Waals surface area contributed by atoms with Crippen molar-refractivity contribution in [2.24, 2.45) is 11.7 Å². The van der Waals surface area contributed by atoms with Crippen LogP contribution in [-0.2, 0) is 4.79 Å². The van der Waals surface area contributed by atoms with E-state index in [1.165, 1.54) is 0 Å². The Kier molecular flexibility index (Phi) is 3.68. The summed E-state index contributed by atoms with van der Waals surface area (Å²) in [6.45, 7) is 6.27. The molecule has 1 aromatic rings. The quantitative estimate of drug-likeness (QED) is 0.843. The minimum absolute atomic E-state index is 0.0204. The van der Waals surface area contributed by atoms with Crippen LogP contribution in [0.25, 0.3) is 0 Å². The standard InChI is InChI=1S/C14H21N3O/c1-11(2)14(15)9-17(10-14)8-13(18)16-12-6-4-3-5-7-12/h3-7,11H,8-10,15H2,1-2H3,(H,16,18). The number of rotatable bonds is 4. The number of hydrogen-bond donors (Lipinski definition) is 2. The van der Waals surface area contributed by atoms with E-state index in [4.69, 9.17) is 5.73 Å². The number of nitrogens with one attached hydrogen (secondary N) is 1. The third kappa shape index (κ3) is 2.89. The Morgan fingerprint density at radius 3 is 2.56 bits per heavy atom. The highest BCUT2D eigenvalue weighted by Crippen LogP contribution is 2.25. The van der Waals surface area contributed by atoms with Crippen LogP contribution in [0.5, 0.6) is 0 Å². The van der Waals surface area contributed by atoms with Gasteiger partial charge in [-0.2, -0.15) is 0 Å². The first-order valence-corrected chi connectivity index (χ1v) is 6.36. The molecule has 1 saturated heterocycles. The normalized spacial score (nSPS) is 18.4. The van der Waals surface area contributed by atoms with Gasteiger partial charge < -0.3 is 11.1 Å². The van der Waals surface area contributed by atoms with Gasteiger partial charge in [0.15, 0.2) is 0 Å². The minimum Gasteiger partial charge on any atom is -0.325 e. The number of amides is 1. The Bertz CT molecular complexity index is 410. The molecule has 1 heterocycles. The fourth-order valence-electron chi connectivity index (χ4n) is 2.19. The SMILES string of the molecule is CC(C)C1(N)CN(CC(=O)Nc2ccccc2)C1. The van der Waals surface area contributed by atoms with Crippen molar-refractivity contribution >= 4 is 11.6 Å². The van der Waals surface area contributed by atoms with E-state index in [2.05, 4.69) is 24.1 Å². The summed E-state index contributed by atoms with van der Waals surface area (Å²) in [7, 11) is 0. The lowest BCUT2D eigenvalue weighted by Gasteiger charge is -2.50. The highest BCUT2D eigenvalue weighted by atomic mass is 16.2. The van der Waals surface area contributed by atoms with Crippen molar-refractivity contribution in [3.05, 3.63) is 30.3 Å². The van der Waals surface area contributed by atoms with Crippen LogP contribution in [0.4, 0.5) is 5.69 Å². The van der Waals surface area contributed by atoms with E-state index in [1.807, 2.05) is 30.3 Å². The Morgan fingerprint density at radius 2 is 2.00 bits per heavy atom. The van der Waals surface area contributed by atoms with Crippen molar-refractivity contribution in [2.45, 2.75) is 19.4 Å². The van der Waals surface area contributed by atoms with Gasteiger partial charge in [0, 0.05) is 24.3 Å². The van der Waals surface area contributed by atoms with Crippen LogP contribution >= 0.6 is 0 Å². The second-order valence-electron chi connectivity index (χ2n) is 5.45. The average molecular weight is 247 g/mol. The average Bonchev–Trinajstić information content (AvgIpc) is 2.27. The lowest BCUT2D eigenvalue weighted by molar-refractivity contribution is -0.119. The van der Waals surface area contributed by atoms with Gasteiger partial charge in [-0.15, -0.1) is 0 Å². The maximum atomic E-state index is 11.8. The van der Waals surface area contributed by atoms with Gasteiger partial charge in [0.2, 0.25) is 5.91 Å². The van der Waals surface area contributed by atoms with E-state index >= 15 is 0 Å². The van der Waals surface area contributed by atoms with Gasteiger partial charge in [-0.3, -0.25) is 9.69 Å². The fraction of sp³-hybridized carbons (Fsp3) is 0.500. The van der Waals surface area contributed by atoms with Crippen molar-refractivity contribution < 1.29 is 4.79 Å². The molecule has 0 saturated carbocycles. The molecule has 1 aromatic carbocycles. The Labute approximate surface area is 108 Å². The van der Waals surface area contributed by atoms with Crippen LogP contribution < -0.4 is 11.1 Å². The predicted octanol–water partition coefficient (Wildman–Crippen LogP) is 1.29. The fourth-order valence-corrected chi connectivity index (χ4v) is 2.19. The molecule has 0 aliphatic carbocycles. The van der Waals surface area contributed by atoms with E-state index in [0.717, 1.165) is 18.8 Å². The number of benzene rings is 1. The van der Waals surface area contributed by atoms with Gasteiger partial charge in [0.05, 0.1) is 6.54 Å². The summed E-state index contributed by atoms with van der Waals surface area (Å²) in [6, 6.07) is 9.51. The Balaban J connectivity index is 1.77. The number of nitrogens with two attached hydrogens (primary N) is 1. The molecule has 0 radical (unpaired) electrons. The molecule has 4 heteroatoms. The van der Waals surface area contributed by atoms with Gasteiger partial charge >= 0.3 is 0 Å². The third-order valence-corrected chi connectivity index (χ3v) is 3.61. The van der Waals surface area contributed by atoms with Crippen molar-refractivity contribution in [1.82, 2.24) is 4.90 Å². The molecular weight excluding hydrogens is 226 g/mol. The molecule has 0 spiro atoms. The summed E-state index contributed by atoms with van der Waals surface area (Å²) >= 11 is 0. The highest BCUT2D eigenvalue weighted by molar-refractivity contribution is 5.92. The topological polar surface area (TPSA) is 58.4 Å². The first-order chi connectivity index (χ1) is 8.49. The molecule has 2 rings (SSSR count). The van der Waals surface area contributed by atoms with Crippen molar-refractivity contribution in [3.63, 3.8) is 0 Å². The molecule has 1 fully saturated rings. The van der Waals surface area contributed by atoms with Crippen molar-refractivity contribution in [1.29, 1.82) is 0 Å². The molecule has 1 aliphatic heterocycles. The van der Waals surface area contributed by atoms with Crippen LogP contribution in [0.1, 0.15) is 13.8 Å². The van der Waals surface area contributed by atoms with E-state index in [-0.39, 0.29) is 11.4 Å². The van der Waals surface area contributed by atoms with Crippen LogP contribution in [0.15, 0.2) is 30.3 Å². The van der Waals surface area contributed by atoms with Crippen LogP contribution in [-0.4, -0.2) is 36.0 Å². The van der Waals surface area contributed by atoms with Crippen molar-refractivity contribution in [3.8, 4) is 0 Å². The molecule has 4 nitrogen and oxygen atoms in total. The van der Waals surface area contributed by atoms with Gasteiger partial charge in [-0.1, -0.05) is 32.0 Å². The first-order valence-electron chi connectivity index (χ1n) is 6.36. The third-order valence-electron chi connectivity index (χ3n) is 3.61. The van der Waals surface area contributed by atoms with Gasteiger partial charge in [0.1, 0.15) is 0 Å². The van der Waals surface area contributed by atoms with Crippen molar-refractivity contribution in [2.75, 3.05) is 25.0 Å². The number of nitrogens with zero attached hydrogens (tertiary/aromatic N) is 1. The summed E-state index contributed by atoms with van der Waals surface area (Å²) in [6.07, 6.45) is 0. The summed E-state index contributed by atoms with van der Waals surface area (Å²) in [5.41, 5.74) is 6.91. The minimum atomic E-state index is -0.118.